The minimum Gasteiger partial charge on any atom is -0.392 e. The van der Waals surface area contributed by atoms with Gasteiger partial charge in [-0.1, -0.05) is 19.1 Å². The summed E-state index contributed by atoms with van der Waals surface area (Å²) < 4.78 is 1.03. The van der Waals surface area contributed by atoms with Gasteiger partial charge < -0.3 is 9.90 Å². The molecule has 2 nitrogen and oxygen atoms in total. The molecule has 0 spiro atoms. The van der Waals surface area contributed by atoms with Crippen LogP contribution in [0.1, 0.15) is 24.0 Å². The lowest BCUT2D eigenvalue weighted by Crippen LogP contribution is -2.03. The second kappa shape index (κ2) is 4.72. The summed E-state index contributed by atoms with van der Waals surface area (Å²) in [6.07, 6.45) is 0.899. The Balaban J connectivity index is 3.22. The number of aliphatic hydroxyl groups excluding tert-OH is 1. The van der Waals surface area contributed by atoms with Gasteiger partial charge in [-0.3, -0.25) is 0 Å². The molecule has 0 fully saturated rings. The minimum atomic E-state index is -0.143. The first kappa shape index (κ1) is 10.7. The van der Waals surface area contributed by atoms with E-state index in [1.165, 1.54) is 0 Å². The summed E-state index contributed by atoms with van der Waals surface area (Å²) in [6.45, 7) is 1.83. The van der Waals surface area contributed by atoms with Gasteiger partial charge in [0.25, 0.3) is 0 Å². The van der Waals surface area contributed by atoms with E-state index in [1.54, 1.807) is 0 Å². The van der Waals surface area contributed by atoms with Crippen molar-refractivity contribution in [2.24, 2.45) is 0 Å². The average Bonchev–Trinajstić information content (AvgIpc) is 2.16. The smallest absolute Gasteiger partial charge is 0.127 e. The largest absolute Gasteiger partial charge is 0.392 e. The van der Waals surface area contributed by atoms with Crippen molar-refractivity contribution in [2.75, 3.05) is 0 Å². The molecule has 0 aliphatic rings. The summed E-state index contributed by atoms with van der Waals surface area (Å²) in [5, 5.41) is 9.07. The molecule has 0 heterocycles. The van der Waals surface area contributed by atoms with E-state index >= 15 is 0 Å². The van der Waals surface area contributed by atoms with E-state index in [9.17, 15) is 4.79 Å². The topological polar surface area (TPSA) is 37.3 Å². The van der Waals surface area contributed by atoms with Crippen molar-refractivity contribution in [3.05, 3.63) is 32.9 Å². The quantitative estimate of drug-likeness (QED) is 0.683. The predicted molar refractivity (Wildman–Crippen MR) is 59.6 cm³/mol. The fourth-order valence-corrected chi connectivity index (χ4v) is 2.34. The van der Waals surface area contributed by atoms with Gasteiger partial charge in [-0.2, -0.15) is 0 Å². The molecular weight excluding hydrogens is 279 g/mol. The third-order valence-corrected chi connectivity index (χ3v) is 2.91. The fraction of sp³-hybridized carbons (Fsp3) is 0.300. The summed E-state index contributed by atoms with van der Waals surface area (Å²) in [7, 11) is 0. The Bertz CT molecular complexity index is 310. The Morgan fingerprint density at radius 1 is 1.62 bits per heavy atom. The van der Waals surface area contributed by atoms with Crippen LogP contribution >= 0.6 is 22.6 Å². The molecule has 3 heteroatoms. The van der Waals surface area contributed by atoms with Gasteiger partial charge in [0, 0.05) is 9.49 Å². The monoisotopic (exact) mass is 290 g/mol. The van der Waals surface area contributed by atoms with Crippen LogP contribution in [0.25, 0.3) is 0 Å². The van der Waals surface area contributed by atoms with E-state index in [0.29, 0.717) is 0 Å². The zero-order chi connectivity index (χ0) is 9.84. The fourth-order valence-electron chi connectivity index (χ4n) is 1.30. The Hall–Kier alpha value is -0.420. The van der Waals surface area contributed by atoms with Gasteiger partial charge in [0.05, 0.1) is 6.61 Å². The second-order valence-electron chi connectivity index (χ2n) is 2.90. The lowest BCUT2D eigenvalue weighted by molar-refractivity contribution is -0.108. The van der Waals surface area contributed by atoms with Gasteiger partial charge >= 0.3 is 0 Å². The van der Waals surface area contributed by atoms with Crippen molar-refractivity contribution < 1.29 is 9.90 Å². The number of aldehydes is 1. The summed E-state index contributed by atoms with van der Waals surface area (Å²) in [5.74, 6) is -0.143. The zero-order valence-corrected chi connectivity index (χ0v) is 9.48. The van der Waals surface area contributed by atoms with Crippen LogP contribution in [0.15, 0.2) is 18.2 Å². The minimum absolute atomic E-state index is 0.00957. The summed E-state index contributed by atoms with van der Waals surface area (Å²) >= 11 is 2.18. The van der Waals surface area contributed by atoms with E-state index in [-0.39, 0.29) is 12.5 Å². The van der Waals surface area contributed by atoms with E-state index in [4.69, 9.17) is 5.11 Å². The van der Waals surface area contributed by atoms with Crippen molar-refractivity contribution in [1.82, 2.24) is 0 Å². The van der Waals surface area contributed by atoms with Crippen molar-refractivity contribution >= 4 is 28.9 Å². The van der Waals surface area contributed by atoms with Gasteiger partial charge in [0.1, 0.15) is 6.29 Å². The maximum Gasteiger partial charge on any atom is 0.127 e. The summed E-state index contributed by atoms with van der Waals surface area (Å²) in [6, 6.07) is 5.67. The van der Waals surface area contributed by atoms with Crippen LogP contribution in [0.3, 0.4) is 0 Å². The number of hydrogen-bond acceptors (Lipinski definition) is 2. The molecule has 0 amide bonds. The third-order valence-electron chi connectivity index (χ3n) is 1.97. The van der Waals surface area contributed by atoms with Crippen LogP contribution in [-0.2, 0) is 11.4 Å². The normalized spacial score (nSPS) is 12.5. The molecular formula is C10H11IO2. The predicted octanol–water partition coefficient (Wildman–Crippen LogP) is 2.09. The van der Waals surface area contributed by atoms with Gasteiger partial charge in [-0.25, -0.2) is 0 Å². The first-order valence-corrected chi connectivity index (χ1v) is 5.12. The molecule has 1 aromatic carbocycles. The highest BCUT2D eigenvalue weighted by atomic mass is 127. The number of carbonyl (C=O) groups excluding carboxylic acids is 1. The van der Waals surface area contributed by atoms with Crippen LogP contribution in [0, 0.1) is 3.57 Å². The highest BCUT2D eigenvalue weighted by Crippen LogP contribution is 2.24. The number of benzene rings is 1. The number of rotatable bonds is 3. The molecule has 70 valence electrons. The van der Waals surface area contributed by atoms with Gasteiger partial charge in [-0.05, 0) is 39.8 Å². The van der Waals surface area contributed by atoms with E-state index < -0.39 is 0 Å². The van der Waals surface area contributed by atoms with Crippen LogP contribution in [0.5, 0.6) is 0 Å². The van der Waals surface area contributed by atoms with Crippen molar-refractivity contribution in [1.29, 1.82) is 0 Å². The van der Waals surface area contributed by atoms with E-state index in [0.717, 1.165) is 21.0 Å². The molecule has 1 N–H and O–H groups in total. The maximum absolute atomic E-state index is 10.6. The molecule has 1 rings (SSSR count). The zero-order valence-electron chi connectivity index (χ0n) is 7.33. The highest BCUT2D eigenvalue weighted by molar-refractivity contribution is 14.1. The molecule has 0 saturated heterocycles. The number of aliphatic hydroxyl groups is 1. The lowest BCUT2D eigenvalue weighted by Gasteiger charge is -2.11. The lowest BCUT2D eigenvalue weighted by atomic mass is 9.97. The summed E-state index contributed by atoms with van der Waals surface area (Å²) in [5.41, 5.74) is 1.78. The van der Waals surface area contributed by atoms with Crippen molar-refractivity contribution in [3.8, 4) is 0 Å². The molecule has 1 atom stereocenters. The van der Waals surface area contributed by atoms with Crippen LogP contribution in [0.2, 0.25) is 0 Å². The Morgan fingerprint density at radius 2 is 2.31 bits per heavy atom. The standard InChI is InChI=1S/C10H11IO2/c1-7(5-12)10-8(6-13)3-2-4-9(10)11/h2-5,7,13H,6H2,1H3. The van der Waals surface area contributed by atoms with Crippen LogP contribution < -0.4 is 0 Å². The van der Waals surface area contributed by atoms with E-state index in [2.05, 4.69) is 22.6 Å². The molecule has 1 aromatic rings. The van der Waals surface area contributed by atoms with Crippen molar-refractivity contribution in [2.45, 2.75) is 19.4 Å². The van der Waals surface area contributed by atoms with Gasteiger partial charge in [-0.15, -0.1) is 0 Å². The number of hydrogen-bond donors (Lipinski definition) is 1. The molecule has 0 bridgehead atoms. The Morgan fingerprint density at radius 3 is 2.85 bits per heavy atom. The van der Waals surface area contributed by atoms with Crippen molar-refractivity contribution in [3.63, 3.8) is 0 Å². The maximum atomic E-state index is 10.6. The SMILES string of the molecule is CC(C=O)c1c(I)cccc1CO. The Kier molecular flexibility index (Phi) is 3.87. The first-order chi connectivity index (χ1) is 6.20. The Labute approximate surface area is 91.1 Å². The van der Waals surface area contributed by atoms with Gasteiger partial charge in [0.15, 0.2) is 0 Å². The molecule has 0 radical (unpaired) electrons. The second-order valence-corrected chi connectivity index (χ2v) is 4.06. The molecule has 0 aliphatic carbocycles. The molecule has 1 unspecified atom stereocenters. The van der Waals surface area contributed by atoms with E-state index in [1.807, 2.05) is 25.1 Å². The average molecular weight is 290 g/mol. The van der Waals surface area contributed by atoms with Crippen LogP contribution in [-0.4, -0.2) is 11.4 Å². The molecule has 0 saturated carbocycles. The van der Waals surface area contributed by atoms with Gasteiger partial charge in [0.2, 0.25) is 0 Å². The molecule has 0 aromatic heterocycles. The first-order valence-electron chi connectivity index (χ1n) is 4.04. The summed E-state index contributed by atoms with van der Waals surface area (Å²) in [4.78, 5) is 10.6. The number of carbonyl (C=O) groups is 1. The molecule has 0 aliphatic heterocycles. The van der Waals surface area contributed by atoms with Crippen LogP contribution in [0.4, 0.5) is 0 Å². The highest BCUT2D eigenvalue weighted by Gasteiger charge is 2.12. The molecule has 13 heavy (non-hydrogen) atoms. The number of halogens is 1. The third kappa shape index (κ3) is 2.28.